The van der Waals surface area contributed by atoms with Gasteiger partial charge in [0, 0.05) is 19.5 Å². The average molecular weight is 281 g/mol. The van der Waals surface area contributed by atoms with Crippen LogP contribution in [0.3, 0.4) is 0 Å². The molecule has 3 fully saturated rings. The SMILES string of the molecule is CNC(=O)[C@@H]1COC2(CN(C(=O)[C@@H]3C[C@H]3C)C2)CN1C. The number of hydrogen-bond donors (Lipinski definition) is 1. The summed E-state index contributed by atoms with van der Waals surface area (Å²) in [5.74, 6) is 1.06. The smallest absolute Gasteiger partial charge is 0.239 e. The minimum Gasteiger partial charge on any atom is -0.368 e. The Bertz CT molecular complexity index is 433. The maximum Gasteiger partial charge on any atom is 0.239 e. The van der Waals surface area contributed by atoms with E-state index in [4.69, 9.17) is 4.74 Å². The third-order valence-electron chi connectivity index (χ3n) is 4.86. The molecule has 3 rings (SSSR count). The molecule has 6 nitrogen and oxygen atoms in total. The Morgan fingerprint density at radius 2 is 1.95 bits per heavy atom. The van der Waals surface area contributed by atoms with Crippen molar-refractivity contribution >= 4 is 11.8 Å². The van der Waals surface area contributed by atoms with Crippen LogP contribution in [0.15, 0.2) is 0 Å². The molecule has 0 bridgehead atoms. The number of nitrogens with one attached hydrogen (secondary N) is 1. The molecule has 2 amide bonds. The molecule has 3 atom stereocenters. The third-order valence-corrected chi connectivity index (χ3v) is 4.86. The fourth-order valence-electron chi connectivity index (χ4n) is 3.33. The number of hydrogen-bond acceptors (Lipinski definition) is 4. The van der Waals surface area contributed by atoms with E-state index >= 15 is 0 Å². The number of carbonyl (C=O) groups is 2. The first-order valence-corrected chi connectivity index (χ1v) is 7.30. The van der Waals surface area contributed by atoms with Crippen LogP contribution in [-0.4, -0.2) is 73.6 Å². The summed E-state index contributed by atoms with van der Waals surface area (Å²) in [5, 5.41) is 2.66. The van der Waals surface area contributed by atoms with E-state index in [0.29, 0.717) is 32.2 Å². The predicted molar refractivity (Wildman–Crippen MR) is 73.0 cm³/mol. The zero-order valence-electron chi connectivity index (χ0n) is 12.4. The summed E-state index contributed by atoms with van der Waals surface area (Å²) in [6.07, 6.45) is 1.03. The molecular formula is C14H23N3O3. The highest BCUT2D eigenvalue weighted by atomic mass is 16.5. The second-order valence-corrected chi connectivity index (χ2v) is 6.55. The average Bonchev–Trinajstić information content (AvgIpc) is 3.11. The van der Waals surface area contributed by atoms with Crippen LogP contribution in [0.25, 0.3) is 0 Å². The maximum absolute atomic E-state index is 12.1. The first-order valence-electron chi connectivity index (χ1n) is 7.30. The Morgan fingerprint density at radius 3 is 2.45 bits per heavy atom. The summed E-state index contributed by atoms with van der Waals surface area (Å²) in [4.78, 5) is 27.8. The van der Waals surface area contributed by atoms with Crippen LogP contribution < -0.4 is 5.32 Å². The van der Waals surface area contributed by atoms with Gasteiger partial charge in [0.2, 0.25) is 11.8 Å². The van der Waals surface area contributed by atoms with Gasteiger partial charge in [0.1, 0.15) is 11.6 Å². The molecule has 0 unspecified atom stereocenters. The van der Waals surface area contributed by atoms with Gasteiger partial charge in [0.15, 0.2) is 0 Å². The molecule has 0 radical (unpaired) electrons. The van der Waals surface area contributed by atoms with Crippen LogP contribution in [0.4, 0.5) is 0 Å². The molecule has 1 aliphatic carbocycles. The Hall–Kier alpha value is -1.14. The number of amides is 2. The van der Waals surface area contributed by atoms with Crippen molar-refractivity contribution < 1.29 is 14.3 Å². The second kappa shape index (κ2) is 4.70. The molecule has 1 spiro atoms. The Kier molecular flexibility index (Phi) is 3.25. The van der Waals surface area contributed by atoms with E-state index < -0.39 is 0 Å². The number of carbonyl (C=O) groups excluding carboxylic acids is 2. The fraction of sp³-hybridized carbons (Fsp3) is 0.857. The van der Waals surface area contributed by atoms with Crippen molar-refractivity contribution in [3.05, 3.63) is 0 Å². The molecule has 2 heterocycles. The minimum absolute atomic E-state index is 0.0126. The highest BCUT2D eigenvalue weighted by Gasteiger charge is 2.54. The molecule has 112 valence electrons. The van der Waals surface area contributed by atoms with E-state index in [9.17, 15) is 9.59 Å². The van der Waals surface area contributed by atoms with E-state index in [0.717, 1.165) is 6.42 Å². The van der Waals surface area contributed by atoms with Gasteiger partial charge < -0.3 is 15.0 Å². The number of rotatable bonds is 2. The summed E-state index contributed by atoms with van der Waals surface area (Å²) in [5.41, 5.74) is -0.257. The molecule has 1 N–H and O–H groups in total. The van der Waals surface area contributed by atoms with Crippen molar-refractivity contribution in [3.8, 4) is 0 Å². The lowest BCUT2D eigenvalue weighted by molar-refractivity contribution is -0.201. The van der Waals surface area contributed by atoms with Gasteiger partial charge >= 0.3 is 0 Å². The van der Waals surface area contributed by atoms with Crippen LogP contribution in [0, 0.1) is 11.8 Å². The Labute approximate surface area is 119 Å². The van der Waals surface area contributed by atoms with Crippen LogP contribution in [0.5, 0.6) is 0 Å². The molecule has 2 saturated heterocycles. The molecule has 1 saturated carbocycles. The Morgan fingerprint density at radius 1 is 1.30 bits per heavy atom. The number of likely N-dealkylation sites (tertiary alicyclic amines) is 1. The fourth-order valence-corrected chi connectivity index (χ4v) is 3.33. The number of ether oxygens (including phenoxy) is 1. The number of morpholine rings is 1. The van der Waals surface area contributed by atoms with Gasteiger partial charge in [-0.1, -0.05) is 6.92 Å². The monoisotopic (exact) mass is 281 g/mol. The Balaban J connectivity index is 1.54. The van der Waals surface area contributed by atoms with Crippen molar-refractivity contribution in [2.45, 2.75) is 25.0 Å². The van der Waals surface area contributed by atoms with Crippen molar-refractivity contribution in [2.24, 2.45) is 11.8 Å². The van der Waals surface area contributed by atoms with Gasteiger partial charge in [-0.25, -0.2) is 0 Å². The lowest BCUT2D eigenvalue weighted by Crippen LogP contribution is -2.73. The standard InChI is InChI=1S/C14H23N3O3/c1-9-4-10(9)13(19)17-7-14(8-17)6-16(3)11(5-20-14)12(18)15-2/h9-11H,4-8H2,1-3H3,(H,15,18)/t9-,10-,11+/m1/s1. The summed E-state index contributed by atoms with van der Waals surface area (Å²) in [7, 11) is 3.58. The van der Waals surface area contributed by atoms with E-state index in [1.165, 1.54) is 0 Å². The van der Waals surface area contributed by atoms with E-state index in [-0.39, 0.29) is 29.4 Å². The zero-order chi connectivity index (χ0) is 14.5. The quantitative estimate of drug-likeness (QED) is 0.727. The summed E-state index contributed by atoms with van der Waals surface area (Å²) in [6, 6.07) is -0.223. The summed E-state index contributed by atoms with van der Waals surface area (Å²) >= 11 is 0. The lowest BCUT2D eigenvalue weighted by Gasteiger charge is -2.54. The third kappa shape index (κ3) is 2.20. The molecular weight excluding hydrogens is 258 g/mol. The van der Waals surface area contributed by atoms with Gasteiger partial charge in [0.05, 0.1) is 19.7 Å². The van der Waals surface area contributed by atoms with E-state index in [2.05, 4.69) is 12.2 Å². The molecule has 2 aliphatic heterocycles. The predicted octanol–water partition coefficient (Wildman–Crippen LogP) is -0.700. The number of likely N-dealkylation sites (N-methyl/N-ethyl adjacent to an activating group) is 2. The lowest BCUT2D eigenvalue weighted by atomic mass is 9.90. The first-order chi connectivity index (χ1) is 9.46. The zero-order valence-corrected chi connectivity index (χ0v) is 12.4. The van der Waals surface area contributed by atoms with Gasteiger partial charge in [-0.15, -0.1) is 0 Å². The highest BCUT2D eigenvalue weighted by molar-refractivity contribution is 5.83. The molecule has 20 heavy (non-hydrogen) atoms. The van der Waals surface area contributed by atoms with Gasteiger partial charge in [-0.3, -0.25) is 14.5 Å². The largest absolute Gasteiger partial charge is 0.368 e. The first kappa shape index (κ1) is 13.8. The topological polar surface area (TPSA) is 61.9 Å². The van der Waals surface area contributed by atoms with Gasteiger partial charge in [-0.05, 0) is 19.4 Å². The van der Waals surface area contributed by atoms with Crippen molar-refractivity contribution in [2.75, 3.05) is 40.3 Å². The van der Waals surface area contributed by atoms with Crippen molar-refractivity contribution in [1.29, 1.82) is 0 Å². The highest BCUT2D eigenvalue weighted by Crippen LogP contribution is 2.42. The second-order valence-electron chi connectivity index (χ2n) is 6.55. The van der Waals surface area contributed by atoms with Gasteiger partial charge in [0.25, 0.3) is 0 Å². The maximum atomic E-state index is 12.1. The van der Waals surface area contributed by atoms with Crippen molar-refractivity contribution in [3.63, 3.8) is 0 Å². The van der Waals surface area contributed by atoms with Crippen LogP contribution in [0.1, 0.15) is 13.3 Å². The number of nitrogens with zero attached hydrogens (tertiary/aromatic N) is 2. The van der Waals surface area contributed by atoms with E-state index in [1.54, 1.807) is 7.05 Å². The van der Waals surface area contributed by atoms with Crippen LogP contribution in [0.2, 0.25) is 0 Å². The molecule has 0 aromatic rings. The molecule has 6 heteroatoms. The molecule has 3 aliphatic rings. The van der Waals surface area contributed by atoms with Gasteiger partial charge in [-0.2, -0.15) is 0 Å². The summed E-state index contributed by atoms with van der Waals surface area (Å²) < 4.78 is 5.92. The minimum atomic E-state index is -0.257. The normalized spacial score (nSPS) is 35.5. The van der Waals surface area contributed by atoms with Crippen molar-refractivity contribution in [1.82, 2.24) is 15.1 Å². The molecule has 0 aromatic heterocycles. The van der Waals surface area contributed by atoms with E-state index in [1.807, 2.05) is 16.8 Å². The van der Waals surface area contributed by atoms with Crippen LogP contribution >= 0.6 is 0 Å². The molecule has 0 aromatic carbocycles. The summed E-state index contributed by atoms with van der Waals surface area (Å²) in [6.45, 7) is 4.56. The van der Waals surface area contributed by atoms with Crippen LogP contribution in [-0.2, 0) is 14.3 Å².